The molecule has 0 fully saturated rings. The van der Waals surface area contributed by atoms with E-state index in [1.54, 1.807) is 7.11 Å². The first-order valence-corrected chi connectivity index (χ1v) is 9.08. The Morgan fingerprint density at radius 1 is 1.07 bits per heavy atom. The van der Waals surface area contributed by atoms with Crippen LogP contribution >= 0.6 is 11.6 Å². The van der Waals surface area contributed by atoms with E-state index in [1.807, 2.05) is 24.3 Å². The Labute approximate surface area is 168 Å². The summed E-state index contributed by atoms with van der Waals surface area (Å²) >= 11 is 5.83. The Hall–Kier alpha value is -2.64. The molecule has 150 valence electrons. The van der Waals surface area contributed by atoms with E-state index in [2.05, 4.69) is 10.6 Å². The molecule has 28 heavy (non-hydrogen) atoms. The fourth-order valence-electron chi connectivity index (χ4n) is 2.29. The third-order valence-corrected chi connectivity index (χ3v) is 4.10. The van der Waals surface area contributed by atoms with Crippen LogP contribution < -0.4 is 15.4 Å². The zero-order chi connectivity index (χ0) is 20.4. The van der Waals surface area contributed by atoms with Crippen LogP contribution in [0.5, 0.6) is 5.75 Å². The second-order valence-electron chi connectivity index (χ2n) is 5.89. The maximum absolute atomic E-state index is 13.0. The summed E-state index contributed by atoms with van der Waals surface area (Å²) in [5.74, 6) is -0.447. The van der Waals surface area contributed by atoms with Gasteiger partial charge in [0.25, 0.3) is 5.91 Å². The van der Waals surface area contributed by atoms with Crippen molar-refractivity contribution in [2.75, 3.05) is 26.9 Å². The zero-order valence-electron chi connectivity index (χ0n) is 15.5. The van der Waals surface area contributed by atoms with Crippen molar-refractivity contribution in [3.63, 3.8) is 0 Å². The molecule has 0 aliphatic carbocycles. The van der Waals surface area contributed by atoms with Crippen LogP contribution in [0, 0.1) is 5.82 Å². The summed E-state index contributed by atoms with van der Waals surface area (Å²) in [6.07, 6.45) is 0.114. The minimum atomic E-state index is -0.518. The van der Waals surface area contributed by atoms with Gasteiger partial charge in [-0.1, -0.05) is 23.7 Å². The number of hydrogen-bond acceptors (Lipinski definition) is 4. The third kappa shape index (κ3) is 7.17. The molecule has 0 saturated heterocycles. The van der Waals surface area contributed by atoms with Crippen LogP contribution in [0.15, 0.2) is 42.5 Å². The minimum Gasteiger partial charge on any atom is -0.491 e. The monoisotopic (exact) mass is 408 g/mol. The molecular formula is C20H22ClFN2O4. The molecule has 0 aliphatic rings. The van der Waals surface area contributed by atoms with E-state index in [-0.39, 0.29) is 29.5 Å². The van der Waals surface area contributed by atoms with Crippen molar-refractivity contribution in [3.05, 3.63) is 64.4 Å². The van der Waals surface area contributed by atoms with Gasteiger partial charge in [-0.3, -0.25) is 9.59 Å². The lowest BCUT2D eigenvalue weighted by Gasteiger charge is -2.09. The fourth-order valence-corrected chi connectivity index (χ4v) is 2.55. The molecule has 2 aromatic rings. The minimum absolute atomic E-state index is 0.0246. The molecule has 0 aliphatic heterocycles. The van der Waals surface area contributed by atoms with Gasteiger partial charge in [0.05, 0.1) is 17.2 Å². The normalized spacial score (nSPS) is 10.4. The van der Waals surface area contributed by atoms with Crippen molar-refractivity contribution >= 4 is 23.4 Å². The summed E-state index contributed by atoms with van der Waals surface area (Å²) in [6.45, 7) is 1.50. The lowest BCUT2D eigenvalue weighted by Crippen LogP contribution is -2.30. The number of nitrogens with one attached hydrogen (secondary N) is 2. The number of amides is 2. The number of hydrogen-bond donors (Lipinski definition) is 2. The molecule has 0 saturated carbocycles. The first-order chi connectivity index (χ1) is 13.5. The molecule has 2 rings (SSSR count). The largest absolute Gasteiger partial charge is 0.491 e. The van der Waals surface area contributed by atoms with E-state index in [1.165, 1.54) is 6.07 Å². The number of carbonyl (C=O) groups excluding carboxylic acids is 2. The molecule has 0 spiro atoms. The van der Waals surface area contributed by atoms with Crippen LogP contribution in [0.4, 0.5) is 4.39 Å². The molecule has 0 atom stereocenters. The predicted molar refractivity (Wildman–Crippen MR) is 104 cm³/mol. The van der Waals surface area contributed by atoms with Gasteiger partial charge in [-0.15, -0.1) is 0 Å². The van der Waals surface area contributed by atoms with Crippen molar-refractivity contribution < 1.29 is 23.5 Å². The Morgan fingerprint density at radius 2 is 1.82 bits per heavy atom. The van der Waals surface area contributed by atoms with Crippen molar-refractivity contribution in [2.45, 2.75) is 13.0 Å². The van der Waals surface area contributed by atoms with Crippen LogP contribution in [0.1, 0.15) is 22.3 Å². The highest BCUT2D eigenvalue weighted by molar-refractivity contribution is 6.33. The molecule has 8 heteroatoms. The first-order valence-electron chi connectivity index (χ1n) is 8.70. The van der Waals surface area contributed by atoms with Gasteiger partial charge in [0.2, 0.25) is 5.91 Å². The lowest BCUT2D eigenvalue weighted by atomic mass is 10.2. The highest BCUT2D eigenvalue weighted by Crippen LogP contribution is 2.17. The highest BCUT2D eigenvalue weighted by atomic mass is 35.5. The standard InChI is InChI=1S/C20H22ClFN2O4/c1-27-10-11-28-16-5-2-14(3-6-16)13-24-19(25)8-9-23-20(26)17-7-4-15(22)12-18(17)21/h2-7,12H,8-11,13H2,1H3,(H,23,26)(H,24,25). The summed E-state index contributed by atoms with van der Waals surface area (Å²) in [6, 6.07) is 10.9. The van der Waals surface area contributed by atoms with Crippen molar-refractivity contribution in [3.8, 4) is 5.75 Å². The zero-order valence-corrected chi connectivity index (χ0v) is 16.2. The number of benzene rings is 2. The molecule has 0 unspecified atom stereocenters. The quantitative estimate of drug-likeness (QED) is 0.592. The Balaban J connectivity index is 1.69. The van der Waals surface area contributed by atoms with E-state index in [4.69, 9.17) is 21.1 Å². The molecule has 0 heterocycles. The second-order valence-corrected chi connectivity index (χ2v) is 6.30. The van der Waals surface area contributed by atoms with Crippen molar-refractivity contribution in [2.24, 2.45) is 0 Å². The van der Waals surface area contributed by atoms with Gasteiger partial charge in [0.1, 0.15) is 18.2 Å². The molecule has 0 aromatic heterocycles. The summed E-state index contributed by atoms with van der Waals surface area (Å²) in [5, 5.41) is 5.39. The summed E-state index contributed by atoms with van der Waals surface area (Å²) in [7, 11) is 1.61. The van der Waals surface area contributed by atoms with Crippen LogP contribution in [-0.2, 0) is 16.1 Å². The number of carbonyl (C=O) groups is 2. The predicted octanol–water partition coefficient (Wildman–Crippen LogP) is 2.94. The molecule has 0 radical (unpaired) electrons. The summed E-state index contributed by atoms with van der Waals surface area (Å²) in [5.41, 5.74) is 1.09. The smallest absolute Gasteiger partial charge is 0.252 e. The van der Waals surface area contributed by atoms with Gasteiger partial charge >= 0.3 is 0 Å². The average molecular weight is 409 g/mol. The third-order valence-electron chi connectivity index (χ3n) is 3.78. The Bertz CT molecular complexity index is 799. The van der Waals surface area contributed by atoms with E-state index in [0.29, 0.717) is 19.8 Å². The van der Waals surface area contributed by atoms with Gasteiger partial charge in [0, 0.05) is 26.6 Å². The van der Waals surface area contributed by atoms with Crippen LogP contribution in [0.25, 0.3) is 0 Å². The molecule has 6 nitrogen and oxygen atoms in total. The maximum Gasteiger partial charge on any atom is 0.252 e. The first kappa shape index (κ1) is 21.7. The Kier molecular flexibility index (Phi) is 8.71. The van der Waals surface area contributed by atoms with E-state index in [9.17, 15) is 14.0 Å². The summed E-state index contributed by atoms with van der Waals surface area (Å²) < 4.78 is 23.4. The van der Waals surface area contributed by atoms with Gasteiger partial charge in [-0.2, -0.15) is 0 Å². The lowest BCUT2D eigenvalue weighted by molar-refractivity contribution is -0.121. The summed E-state index contributed by atoms with van der Waals surface area (Å²) in [4.78, 5) is 23.9. The second kappa shape index (κ2) is 11.3. The number of rotatable bonds is 10. The van der Waals surface area contributed by atoms with Gasteiger partial charge in [0.15, 0.2) is 0 Å². The number of methoxy groups -OCH3 is 1. The van der Waals surface area contributed by atoms with Crippen LogP contribution in [0.2, 0.25) is 5.02 Å². The van der Waals surface area contributed by atoms with Crippen molar-refractivity contribution in [1.29, 1.82) is 0 Å². The fraction of sp³-hybridized carbons (Fsp3) is 0.300. The number of halogens is 2. The maximum atomic E-state index is 13.0. The van der Waals surface area contributed by atoms with E-state index < -0.39 is 11.7 Å². The van der Waals surface area contributed by atoms with Crippen molar-refractivity contribution in [1.82, 2.24) is 10.6 Å². The highest BCUT2D eigenvalue weighted by Gasteiger charge is 2.11. The molecule has 2 N–H and O–H groups in total. The van der Waals surface area contributed by atoms with Gasteiger partial charge in [-0.25, -0.2) is 4.39 Å². The average Bonchev–Trinajstić information content (AvgIpc) is 2.67. The molecule has 2 aromatic carbocycles. The Morgan fingerprint density at radius 3 is 2.50 bits per heavy atom. The van der Waals surface area contributed by atoms with Gasteiger partial charge in [-0.05, 0) is 35.9 Å². The topological polar surface area (TPSA) is 76.7 Å². The molecule has 0 bridgehead atoms. The van der Waals surface area contributed by atoms with Gasteiger partial charge < -0.3 is 20.1 Å². The SMILES string of the molecule is COCCOc1ccc(CNC(=O)CCNC(=O)c2ccc(F)cc2Cl)cc1. The molecular weight excluding hydrogens is 387 g/mol. The van der Waals surface area contributed by atoms with Crippen LogP contribution in [-0.4, -0.2) is 38.7 Å². The molecule has 2 amide bonds. The van der Waals surface area contributed by atoms with Crippen LogP contribution in [0.3, 0.4) is 0 Å². The van der Waals surface area contributed by atoms with E-state index >= 15 is 0 Å². The van der Waals surface area contributed by atoms with E-state index in [0.717, 1.165) is 23.4 Å². The number of ether oxygens (including phenoxy) is 2.